The Morgan fingerprint density at radius 1 is 1.31 bits per heavy atom. The molecule has 2 N–H and O–H groups in total. The third-order valence-corrected chi connectivity index (χ3v) is 6.79. The standard InChI is InChI=1S/C17H18FN5O2S/c1-10-15(11-3-2-4-12(18)9-11)21-17(19)23-16(10)20-14(22-23)7-8-26(24,25)13-5-6-13/h2-4,9,13H,5-8H2,1H3,(H2,19,21). The van der Waals surface area contributed by atoms with Gasteiger partial charge in [-0.1, -0.05) is 12.1 Å². The largest absolute Gasteiger partial charge is 0.368 e. The summed E-state index contributed by atoms with van der Waals surface area (Å²) in [4.78, 5) is 8.76. The molecule has 136 valence electrons. The summed E-state index contributed by atoms with van der Waals surface area (Å²) in [5.41, 5.74) is 8.31. The Bertz CT molecular complexity index is 1110. The number of hydrogen-bond donors (Lipinski definition) is 1. The van der Waals surface area contributed by atoms with E-state index in [4.69, 9.17) is 5.73 Å². The maximum Gasteiger partial charge on any atom is 0.223 e. The third kappa shape index (κ3) is 3.03. The van der Waals surface area contributed by atoms with Crippen LogP contribution in [0.5, 0.6) is 0 Å². The number of rotatable bonds is 5. The van der Waals surface area contributed by atoms with Crippen LogP contribution in [0.4, 0.5) is 10.3 Å². The number of nitrogen functional groups attached to an aromatic ring is 1. The second-order valence-electron chi connectivity index (χ2n) is 6.53. The Hall–Kier alpha value is -2.55. The minimum Gasteiger partial charge on any atom is -0.368 e. The van der Waals surface area contributed by atoms with Crippen molar-refractivity contribution in [3.8, 4) is 11.3 Å². The molecule has 1 aliphatic rings. The first-order chi connectivity index (χ1) is 12.3. The van der Waals surface area contributed by atoms with E-state index >= 15 is 0 Å². The number of halogens is 1. The minimum absolute atomic E-state index is 0.0255. The van der Waals surface area contributed by atoms with Gasteiger partial charge in [-0.25, -0.2) is 22.8 Å². The van der Waals surface area contributed by atoms with Gasteiger partial charge in [0.05, 0.1) is 16.7 Å². The van der Waals surface area contributed by atoms with Crippen LogP contribution in [-0.2, 0) is 16.3 Å². The van der Waals surface area contributed by atoms with Gasteiger partial charge in [0, 0.05) is 17.5 Å². The Labute approximate surface area is 150 Å². The van der Waals surface area contributed by atoms with Crippen LogP contribution in [0, 0.1) is 12.7 Å². The van der Waals surface area contributed by atoms with Gasteiger partial charge >= 0.3 is 0 Å². The van der Waals surface area contributed by atoms with E-state index in [1.165, 1.54) is 16.6 Å². The molecule has 9 heteroatoms. The summed E-state index contributed by atoms with van der Waals surface area (Å²) in [5.74, 6) is 0.183. The average molecular weight is 375 g/mol. The molecule has 0 amide bonds. The highest BCUT2D eigenvalue weighted by molar-refractivity contribution is 7.92. The molecule has 0 radical (unpaired) electrons. The molecule has 4 rings (SSSR count). The Kier molecular flexibility index (Phi) is 3.91. The fourth-order valence-electron chi connectivity index (χ4n) is 2.96. The highest BCUT2D eigenvalue weighted by Gasteiger charge is 2.35. The highest BCUT2D eigenvalue weighted by Crippen LogP contribution is 2.29. The van der Waals surface area contributed by atoms with E-state index in [2.05, 4.69) is 15.1 Å². The van der Waals surface area contributed by atoms with Crippen molar-refractivity contribution in [2.24, 2.45) is 0 Å². The van der Waals surface area contributed by atoms with Crippen molar-refractivity contribution in [1.29, 1.82) is 0 Å². The van der Waals surface area contributed by atoms with Gasteiger partial charge in [0.25, 0.3) is 0 Å². The number of anilines is 1. The van der Waals surface area contributed by atoms with E-state index in [-0.39, 0.29) is 29.2 Å². The van der Waals surface area contributed by atoms with Crippen LogP contribution in [0.15, 0.2) is 24.3 Å². The summed E-state index contributed by atoms with van der Waals surface area (Å²) in [7, 11) is -3.08. The van der Waals surface area contributed by atoms with Gasteiger partial charge in [0.15, 0.2) is 21.3 Å². The molecular weight excluding hydrogens is 357 g/mol. The monoisotopic (exact) mass is 375 g/mol. The molecule has 3 aromatic rings. The number of nitrogens with zero attached hydrogens (tertiary/aromatic N) is 4. The Morgan fingerprint density at radius 2 is 2.08 bits per heavy atom. The molecule has 1 aromatic carbocycles. The highest BCUT2D eigenvalue weighted by atomic mass is 32.2. The molecule has 2 heterocycles. The Morgan fingerprint density at radius 3 is 2.77 bits per heavy atom. The van der Waals surface area contributed by atoms with Crippen LogP contribution in [0.1, 0.15) is 24.2 Å². The molecule has 0 bridgehead atoms. The maximum absolute atomic E-state index is 13.5. The molecular formula is C17H18FN5O2S. The lowest BCUT2D eigenvalue weighted by Crippen LogP contribution is -2.14. The molecule has 1 fully saturated rings. The van der Waals surface area contributed by atoms with Gasteiger partial charge in [0.1, 0.15) is 5.82 Å². The van der Waals surface area contributed by atoms with Gasteiger partial charge in [-0.05, 0) is 31.9 Å². The molecule has 0 atom stereocenters. The summed E-state index contributed by atoms with van der Waals surface area (Å²) in [6.45, 7) is 1.81. The van der Waals surface area contributed by atoms with Crippen molar-refractivity contribution in [3.05, 3.63) is 41.5 Å². The molecule has 1 saturated carbocycles. The molecule has 1 aliphatic carbocycles. The summed E-state index contributed by atoms with van der Waals surface area (Å²) in [6, 6.07) is 6.08. The maximum atomic E-state index is 13.5. The number of nitrogens with two attached hydrogens (primary N) is 1. The summed E-state index contributed by atoms with van der Waals surface area (Å²) in [5, 5.41) is 4.09. The number of benzene rings is 1. The summed E-state index contributed by atoms with van der Waals surface area (Å²) >= 11 is 0. The fourth-order valence-corrected chi connectivity index (χ4v) is 4.61. The summed E-state index contributed by atoms with van der Waals surface area (Å²) < 4.78 is 39.0. The van der Waals surface area contributed by atoms with Crippen LogP contribution in [-0.4, -0.2) is 39.0 Å². The van der Waals surface area contributed by atoms with Gasteiger partial charge in [-0.3, -0.25) is 0 Å². The SMILES string of the molecule is Cc1c(-c2cccc(F)c2)nc(N)n2nc(CCS(=O)(=O)C3CC3)nc12. The number of hydrogen-bond acceptors (Lipinski definition) is 6. The zero-order valence-corrected chi connectivity index (χ0v) is 15.0. The number of fused-ring (bicyclic) bond motifs is 1. The van der Waals surface area contributed by atoms with Gasteiger partial charge in [-0.15, -0.1) is 5.10 Å². The van der Waals surface area contributed by atoms with Crippen molar-refractivity contribution in [2.45, 2.75) is 31.4 Å². The van der Waals surface area contributed by atoms with Gasteiger partial charge in [0.2, 0.25) is 5.95 Å². The first-order valence-electron chi connectivity index (χ1n) is 8.34. The van der Waals surface area contributed by atoms with Crippen LogP contribution >= 0.6 is 0 Å². The van der Waals surface area contributed by atoms with Crippen molar-refractivity contribution >= 4 is 21.4 Å². The van der Waals surface area contributed by atoms with Crippen molar-refractivity contribution in [2.75, 3.05) is 11.5 Å². The van der Waals surface area contributed by atoms with Crippen LogP contribution in [0.2, 0.25) is 0 Å². The van der Waals surface area contributed by atoms with E-state index in [0.29, 0.717) is 28.3 Å². The molecule has 0 aliphatic heterocycles. The molecule has 0 spiro atoms. The first-order valence-corrected chi connectivity index (χ1v) is 10.1. The Balaban J connectivity index is 1.71. The lowest BCUT2D eigenvalue weighted by molar-refractivity contribution is 0.593. The summed E-state index contributed by atoms with van der Waals surface area (Å²) in [6.07, 6.45) is 1.72. The predicted octanol–water partition coefficient (Wildman–Crippen LogP) is 1.94. The quantitative estimate of drug-likeness (QED) is 0.731. The van der Waals surface area contributed by atoms with E-state index in [9.17, 15) is 12.8 Å². The van der Waals surface area contributed by atoms with E-state index in [1.807, 2.05) is 0 Å². The molecule has 7 nitrogen and oxygen atoms in total. The molecule has 26 heavy (non-hydrogen) atoms. The van der Waals surface area contributed by atoms with Gasteiger partial charge in [-0.2, -0.15) is 4.52 Å². The lowest BCUT2D eigenvalue weighted by atomic mass is 10.1. The lowest BCUT2D eigenvalue weighted by Gasteiger charge is -2.08. The normalized spacial score (nSPS) is 14.8. The minimum atomic E-state index is -3.08. The van der Waals surface area contributed by atoms with Gasteiger partial charge < -0.3 is 5.73 Å². The second kappa shape index (κ2) is 6.01. The molecule has 0 unspecified atom stereocenters. The first kappa shape index (κ1) is 16.9. The zero-order chi connectivity index (χ0) is 18.5. The van der Waals surface area contributed by atoms with E-state index < -0.39 is 9.84 Å². The molecule has 0 saturated heterocycles. The fraction of sp³-hybridized carbons (Fsp3) is 0.353. The van der Waals surface area contributed by atoms with Crippen molar-refractivity contribution in [1.82, 2.24) is 19.6 Å². The van der Waals surface area contributed by atoms with Crippen molar-refractivity contribution in [3.63, 3.8) is 0 Å². The van der Waals surface area contributed by atoms with Crippen LogP contribution in [0.25, 0.3) is 16.9 Å². The predicted molar refractivity (Wildman–Crippen MR) is 95.8 cm³/mol. The average Bonchev–Trinajstić information content (AvgIpc) is 3.37. The number of aryl methyl sites for hydroxylation is 2. The molecule has 2 aromatic heterocycles. The van der Waals surface area contributed by atoms with Crippen LogP contribution < -0.4 is 5.73 Å². The number of sulfone groups is 1. The van der Waals surface area contributed by atoms with Crippen molar-refractivity contribution < 1.29 is 12.8 Å². The van der Waals surface area contributed by atoms with Crippen LogP contribution in [0.3, 0.4) is 0 Å². The number of aromatic nitrogens is 4. The topological polar surface area (TPSA) is 103 Å². The smallest absolute Gasteiger partial charge is 0.223 e. The third-order valence-electron chi connectivity index (χ3n) is 4.53. The van der Waals surface area contributed by atoms with E-state index in [1.54, 1.807) is 19.1 Å². The second-order valence-corrected chi connectivity index (χ2v) is 8.93. The van der Waals surface area contributed by atoms with E-state index in [0.717, 1.165) is 12.8 Å². The zero-order valence-electron chi connectivity index (χ0n) is 14.2.